The zero-order valence-electron chi connectivity index (χ0n) is 14.4. The van der Waals surface area contributed by atoms with Crippen molar-refractivity contribution in [2.75, 3.05) is 6.54 Å². The highest BCUT2D eigenvalue weighted by Gasteiger charge is 2.16. The summed E-state index contributed by atoms with van der Waals surface area (Å²) < 4.78 is 6.64. The first-order valence-electron chi connectivity index (χ1n) is 8.36. The normalized spacial score (nSPS) is 11.2. The van der Waals surface area contributed by atoms with E-state index >= 15 is 0 Å². The summed E-state index contributed by atoms with van der Waals surface area (Å²) in [5, 5.41) is 8.26. The maximum Gasteiger partial charge on any atom is 0.274 e. The van der Waals surface area contributed by atoms with Gasteiger partial charge in [0.15, 0.2) is 5.69 Å². The fourth-order valence-electron chi connectivity index (χ4n) is 2.71. The molecule has 6 heteroatoms. The first kappa shape index (κ1) is 17.0. The summed E-state index contributed by atoms with van der Waals surface area (Å²) in [4.78, 5) is 25.2. The van der Waals surface area contributed by atoms with Crippen LogP contribution in [0.25, 0.3) is 10.8 Å². The highest BCUT2D eigenvalue weighted by Crippen LogP contribution is 2.14. The van der Waals surface area contributed by atoms with Crippen LogP contribution in [0.1, 0.15) is 30.1 Å². The third-order valence-corrected chi connectivity index (χ3v) is 3.86. The average molecular weight is 339 g/mol. The number of carbonyl (C=O) groups is 1. The highest BCUT2D eigenvalue weighted by molar-refractivity contribution is 6.04. The first-order valence-corrected chi connectivity index (χ1v) is 8.36. The smallest absolute Gasteiger partial charge is 0.274 e. The van der Waals surface area contributed by atoms with E-state index in [1.807, 2.05) is 26.0 Å². The molecule has 2 heterocycles. The lowest BCUT2D eigenvalue weighted by Gasteiger charge is -2.12. The van der Waals surface area contributed by atoms with Crippen LogP contribution in [-0.4, -0.2) is 22.2 Å². The molecule has 25 heavy (non-hydrogen) atoms. The molecular formula is C19H21N3O3. The Morgan fingerprint density at radius 1 is 1.20 bits per heavy atom. The summed E-state index contributed by atoms with van der Waals surface area (Å²) in [5.41, 5.74) is 0.103. The van der Waals surface area contributed by atoms with Crippen molar-refractivity contribution < 1.29 is 9.21 Å². The van der Waals surface area contributed by atoms with E-state index in [0.717, 1.165) is 5.76 Å². The van der Waals surface area contributed by atoms with Gasteiger partial charge in [0.2, 0.25) is 0 Å². The molecule has 1 amide bonds. The Morgan fingerprint density at radius 3 is 2.64 bits per heavy atom. The SMILES string of the molecule is CC(C)Cn1nc(C(=O)NCCc2ccco2)c2ccccc2c1=O. The van der Waals surface area contributed by atoms with Crippen LogP contribution in [0.4, 0.5) is 0 Å². The van der Waals surface area contributed by atoms with Crippen LogP contribution in [0.2, 0.25) is 0 Å². The van der Waals surface area contributed by atoms with Gasteiger partial charge in [0.25, 0.3) is 11.5 Å². The lowest BCUT2D eigenvalue weighted by molar-refractivity contribution is 0.0948. The quantitative estimate of drug-likeness (QED) is 0.749. The van der Waals surface area contributed by atoms with Crippen LogP contribution in [0.15, 0.2) is 51.9 Å². The number of aromatic nitrogens is 2. The van der Waals surface area contributed by atoms with Crippen molar-refractivity contribution in [3.63, 3.8) is 0 Å². The van der Waals surface area contributed by atoms with Gasteiger partial charge in [-0.15, -0.1) is 0 Å². The lowest BCUT2D eigenvalue weighted by Crippen LogP contribution is -2.32. The van der Waals surface area contributed by atoms with Gasteiger partial charge in [-0.25, -0.2) is 4.68 Å². The molecule has 0 atom stereocenters. The summed E-state index contributed by atoms with van der Waals surface area (Å²) in [6, 6.07) is 10.8. The Balaban J connectivity index is 1.89. The van der Waals surface area contributed by atoms with Gasteiger partial charge in [0, 0.05) is 24.9 Å². The van der Waals surface area contributed by atoms with E-state index in [2.05, 4.69) is 10.4 Å². The van der Waals surface area contributed by atoms with Gasteiger partial charge >= 0.3 is 0 Å². The Labute approximate surface area is 145 Å². The molecule has 0 aliphatic rings. The van der Waals surface area contributed by atoms with Gasteiger partial charge in [-0.3, -0.25) is 9.59 Å². The summed E-state index contributed by atoms with van der Waals surface area (Å²) in [5.74, 6) is 0.768. The second kappa shape index (κ2) is 7.34. The topological polar surface area (TPSA) is 77.1 Å². The third-order valence-electron chi connectivity index (χ3n) is 3.86. The fourth-order valence-corrected chi connectivity index (χ4v) is 2.71. The van der Waals surface area contributed by atoms with Crippen LogP contribution >= 0.6 is 0 Å². The van der Waals surface area contributed by atoms with Crippen LogP contribution in [0, 0.1) is 5.92 Å². The van der Waals surface area contributed by atoms with Gasteiger partial charge in [0.1, 0.15) is 5.76 Å². The Hall–Kier alpha value is -2.89. The number of benzene rings is 1. The van der Waals surface area contributed by atoms with Gasteiger partial charge < -0.3 is 9.73 Å². The number of carbonyl (C=O) groups excluding carboxylic acids is 1. The first-order chi connectivity index (χ1) is 12.1. The minimum Gasteiger partial charge on any atom is -0.469 e. The van der Waals surface area contributed by atoms with E-state index in [0.29, 0.717) is 30.3 Å². The minimum absolute atomic E-state index is 0.170. The Kier molecular flexibility index (Phi) is 4.97. The van der Waals surface area contributed by atoms with E-state index in [-0.39, 0.29) is 23.1 Å². The summed E-state index contributed by atoms with van der Waals surface area (Å²) in [7, 11) is 0. The second-order valence-electron chi connectivity index (χ2n) is 6.36. The van der Waals surface area contributed by atoms with Crippen molar-refractivity contribution in [2.45, 2.75) is 26.8 Å². The number of rotatable bonds is 6. The number of nitrogens with zero attached hydrogens (tertiary/aromatic N) is 2. The number of hydrogen-bond donors (Lipinski definition) is 1. The molecule has 0 spiro atoms. The molecule has 1 aromatic carbocycles. The molecule has 0 unspecified atom stereocenters. The molecule has 0 radical (unpaired) electrons. The van der Waals surface area contributed by atoms with Crippen molar-refractivity contribution in [3.05, 3.63) is 64.5 Å². The predicted molar refractivity (Wildman–Crippen MR) is 95.6 cm³/mol. The number of furan rings is 1. The van der Waals surface area contributed by atoms with Gasteiger partial charge in [-0.2, -0.15) is 5.10 Å². The molecule has 0 aliphatic heterocycles. The number of nitrogens with one attached hydrogen (secondary N) is 1. The standard InChI is InChI=1S/C19H21N3O3/c1-13(2)12-22-19(24)16-8-4-3-7-15(16)17(21-22)18(23)20-10-9-14-6-5-11-25-14/h3-8,11,13H,9-10,12H2,1-2H3,(H,20,23). The molecule has 6 nitrogen and oxygen atoms in total. The molecular weight excluding hydrogens is 318 g/mol. The van der Waals surface area contributed by atoms with Crippen molar-refractivity contribution >= 4 is 16.7 Å². The van der Waals surface area contributed by atoms with Crippen molar-refractivity contribution in [1.82, 2.24) is 15.1 Å². The summed E-state index contributed by atoms with van der Waals surface area (Å²) in [6.45, 7) is 4.92. The largest absolute Gasteiger partial charge is 0.469 e. The second-order valence-corrected chi connectivity index (χ2v) is 6.36. The molecule has 130 valence electrons. The number of amides is 1. The zero-order valence-corrected chi connectivity index (χ0v) is 14.4. The van der Waals surface area contributed by atoms with Crippen molar-refractivity contribution in [2.24, 2.45) is 5.92 Å². The van der Waals surface area contributed by atoms with E-state index < -0.39 is 0 Å². The maximum atomic E-state index is 12.6. The molecule has 0 aliphatic carbocycles. The Bertz CT molecular complexity index is 927. The van der Waals surface area contributed by atoms with E-state index in [1.165, 1.54) is 4.68 Å². The number of fused-ring (bicyclic) bond motifs is 1. The van der Waals surface area contributed by atoms with E-state index in [9.17, 15) is 9.59 Å². The monoisotopic (exact) mass is 339 g/mol. The molecule has 3 rings (SSSR count). The van der Waals surface area contributed by atoms with Crippen molar-refractivity contribution in [1.29, 1.82) is 0 Å². The lowest BCUT2D eigenvalue weighted by atomic mass is 10.1. The van der Waals surface area contributed by atoms with Gasteiger partial charge in [-0.1, -0.05) is 32.0 Å². The summed E-state index contributed by atoms with van der Waals surface area (Å²) >= 11 is 0. The van der Waals surface area contributed by atoms with Crippen molar-refractivity contribution in [3.8, 4) is 0 Å². The van der Waals surface area contributed by atoms with Gasteiger partial charge in [0.05, 0.1) is 11.6 Å². The van der Waals surface area contributed by atoms with Crippen LogP contribution in [0.3, 0.4) is 0 Å². The zero-order chi connectivity index (χ0) is 17.8. The fraction of sp³-hybridized carbons (Fsp3) is 0.316. The Morgan fingerprint density at radius 2 is 1.96 bits per heavy atom. The highest BCUT2D eigenvalue weighted by atomic mass is 16.3. The number of hydrogen-bond acceptors (Lipinski definition) is 4. The molecule has 0 bridgehead atoms. The van der Waals surface area contributed by atoms with Gasteiger partial charge in [-0.05, 0) is 24.1 Å². The van der Waals surface area contributed by atoms with Crippen LogP contribution in [-0.2, 0) is 13.0 Å². The molecule has 3 aromatic rings. The predicted octanol–water partition coefficient (Wildman–Crippen LogP) is 2.62. The van der Waals surface area contributed by atoms with E-state index in [4.69, 9.17) is 4.42 Å². The molecule has 1 N–H and O–H groups in total. The maximum absolute atomic E-state index is 12.6. The summed E-state index contributed by atoms with van der Waals surface area (Å²) in [6.07, 6.45) is 2.20. The molecule has 2 aromatic heterocycles. The average Bonchev–Trinajstić information content (AvgIpc) is 3.10. The van der Waals surface area contributed by atoms with Crippen LogP contribution < -0.4 is 10.9 Å². The minimum atomic E-state index is -0.291. The molecule has 0 fully saturated rings. The molecule has 0 saturated heterocycles. The van der Waals surface area contributed by atoms with Crippen LogP contribution in [0.5, 0.6) is 0 Å². The van der Waals surface area contributed by atoms with E-state index in [1.54, 1.807) is 30.5 Å². The third kappa shape index (κ3) is 3.79. The molecule has 0 saturated carbocycles.